The van der Waals surface area contributed by atoms with Gasteiger partial charge in [0, 0.05) is 32.8 Å². The van der Waals surface area contributed by atoms with Crippen LogP contribution in [-0.2, 0) is 10.8 Å². The Morgan fingerprint density at radius 1 is 0.386 bits per heavy atom. The van der Waals surface area contributed by atoms with E-state index in [9.17, 15) is 0 Å². The molecule has 0 unspecified atom stereocenters. The first kappa shape index (κ1) is 33.4. The third-order valence-electron chi connectivity index (χ3n) is 13.0. The summed E-state index contributed by atoms with van der Waals surface area (Å²) in [6, 6.07) is 60.9. The van der Waals surface area contributed by atoms with Gasteiger partial charge in [-0.2, -0.15) is 0 Å². The summed E-state index contributed by atoms with van der Waals surface area (Å²) in [4.78, 5) is 15.2. The Labute approximate surface area is 332 Å². The Bertz CT molecular complexity index is 3170. The topological polar surface area (TPSA) is 43.6 Å². The first-order valence-corrected chi connectivity index (χ1v) is 19.8. The first-order valence-electron chi connectivity index (χ1n) is 19.8. The summed E-state index contributed by atoms with van der Waals surface area (Å²) >= 11 is 0. The number of benzene rings is 8. The lowest BCUT2D eigenvalue weighted by Gasteiger charge is -2.48. The van der Waals surface area contributed by atoms with Crippen LogP contribution in [0.1, 0.15) is 38.8 Å². The number of para-hydroxylation sites is 1. The number of hydrogen-bond acceptors (Lipinski definition) is 3. The van der Waals surface area contributed by atoms with Gasteiger partial charge in [0.2, 0.25) is 0 Å². The molecule has 2 aromatic heterocycles. The van der Waals surface area contributed by atoms with Crippen molar-refractivity contribution in [3.63, 3.8) is 0 Å². The third-order valence-corrected chi connectivity index (χ3v) is 13.0. The van der Waals surface area contributed by atoms with Gasteiger partial charge in [0.25, 0.3) is 0 Å². The van der Waals surface area contributed by atoms with Crippen molar-refractivity contribution in [2.24, 2.45) is 0 Å². The molecule has 57 heavy (non-hydrogen) atoms. The molecule has 1 aliphatic carbocycles. The molecule has 1 aliphatic rings. The molecular weight excluding hydrogens is 693 g/mol. The van der Waals surface area contributed by atoms with Crippen molar-refractivity contribution in [2.75, 3.05) is 0 Å². The van der Waals surface area contributed by atoms with Gasteiger partial charge >= 0.3 is 0 Å². The fourth-order valence-electron chi connectivity index (χ4n) is 9.36. The molecule has 8 aromatic carbocycles. The Hall–Kier alpha value is -6.91. The van der Waals surface area contributed by atoms with Crippen LogP contribution in [0, 0.1) is 0 Å². The molecule has 0 bridgehead atoms. The van der Waals surface area contributed by atoms with E-state index in [0.717, 1.165) is 33.2 Å². The fraction of sp³-hybridized carbons (Fsp3) is 0.113. The molecule has 4 nitrogen and oxygen atoms in total. The zero-order valence-electron chi connectivity index (χ0n) is 32.5. The molecule has 0 amide bonds. The van der Waals surface area contributed by atoms with Crippen molar-refractivity contribution in [1.82, 2.24) is 19.5 Å². The van der Waals surface area contributed by atoms with Gasteiger partial charge in [0.05, 0.1) is 16.7 Å². The van der Waals surface area contributed by atoms with Crippen LogP contribution in [0.5, 0.6) is 0 Å². The van der Waals surface area contributed by atoms with Crippen LogP contribution in [0.15, 0.2) is 170 Å². The maximum atomic E-state index is 5.13. The van der Waals surface area contributed by atoms with Gasteiger partial charge in [0.1, 0.15) is 0 Å². The highest BCUT2D eigenvalue weighted by Crippen LogP contribution is 2.56. The van der Waals surface area contributed by atoms with Crippen LogP contribution in [0.4, 0.5) is 0 Å². The predicted octanol–water partition coefficient (Wildman–Crippen LogP) is 13.5. The second-order valence-corrected chi connectivity index (χ2v) is 16.4. The van der Waals surface area contributed by atoms with Crippen LogP contribution in [0.3, 0.4) is 0 Å². The van der Waals surface area contributed by atoms with Crippen LogP contribution < -0.4 is 0 Å². The minimum atomic E-state index is -0.148. The SMILES string of the molecule is CC1(C)c2cc3c(cc2-c2c(ccc4ccccc24)C1(C)C)c1ccccc1n3-c1ccc(-c2nc(-c3ccccc3)nc(-c3ccccc3)n2)c2ccccc12. The van der Waals surface area contributed by atoms with E-state index in [1.54, 1.807) is 0 Å². The van der Waals surface area contributed by atoms with Crippen LogP contribution in [-0.4, -0.2) is 19.5 Å². The molecule has 0 fully saturated rings. The Balaban J connectivity index is 1.18. The molecule has 272 valence electrons. The standard InChI is InChI=1S/C53H40N4/c1-52(2)43-29-27-33-17-11-12-22-36(33)48(43)42-31-41-39-25-15-16-26-45(39)57(47(41)32-44(42)53(52,3)4)46-30-28-40(37-23-13-14-24-38(37)46)51-55-49(34-18-7-5-8-19-34)54-50(56-51)35-20-9-6-10-21-35/h5-32H,1-4H3. The molecule has 4 heteroatoms. The van der Waals surface area contributed by atoms with E-state index in [1.807, 2.05) is 36.4 Å². The predicted molar refractivity (Wildman–Crippen MR) is 237 cm³/mol. The van der Waals surface area contributed by atoms with E-state index in [0.29, 0.717) is 17.5 Å². The van der Waals surface area contributed by atoms with E-state index in [-0.39, 0.29) is 10.8 Å². The lowest BCUT2D eigenvalue weighted by molar-refractivity contribution is 0.299. The number of aromatic nitrogens is 4. The van der Waals surface area contributed by atoms with Gasteiger partial charge in [-0.05, 0) is 79.6 Å². The van der Waals surface area contributed by atoms with Crippen molar-refractivity contribution < 1.29 is 0 Å². The molecule has 0 N–H and O–H groups in total. The van der Waals surface area contributed by atoms with Crippen LogP contribution in [0.25, 0.3) is 94.3 Å². The average molecular weight is 733 g/mol. The highest BCUT2D eigenvalue weighted by Gasteiger charge is 2.46. The van der Waals surface area contributed by atoms with E-state index >= 15 is 0 Å². The molecule has 0 saturated carbocycles. The lowest BCUT2D eigenvalue weighted by Crippen LogP contribution is -2.43. The van der Waals surface area contributed by atoms with E-state index < -0.39 is 0 Å². The number of fused-ring (bicyclic) bond motifs is 9. The quantitative estimate of drug-likeness (QED) is 0.181. The molecule has 0 aliphatic heterocycles. The van der Waals surface area contributed by atoms with Crippen molar-refractivity contribution in [1.29, 1.82) is 0 Å². The summed E-state index contributed by atoms with van der Waals surface area (Å²) in [5.41, 5.74) is 11.6. The minimum Gasteiger partial charge on any atom is -0.309 e. The van der Waals surface area contributed by atoms with Gasteiger partial charge < -0.3 is 4.57 Å². The summed E-state index contributed by atoms with van der Waals surface area (Å²) in [5, 5.41) is 7.30. The second kappa shape index (κ2) is 12.3. The Morgan fingerprint density at radius 2 is 0.947 bits per heavy atom. The summed E-state index contributed by atoms with van der Waals surface area (Å²) in [7, 11) is 0. The molecule has 10 aromatic rings. The third kappa shape index (κ3) is 4.90. The van der Waals surface area contributed by atoms with E-state index in [4.69, 9.17) is 15.0 Å². The molecule has 0 spiro atoms. The zero-order chi connectivity index (χ0) is 38.5. The summed E-state index contributed by atoms with van der Waals surface area (Å²) in [6.45, 7) is 9.69. The summed E-state index contributed by atoms with van der Waals surface area (Å²) in [5.74, 6) is 1.95. The van der Waals surface area contributed by atoms with Gasteiger partial charge in [0.15, 0.2) is 17.5 Å². The largest absolute Gasteiger partial charge is 0.309 e. The van der Waals surface area contributed by atoms with Crippen molar-refractivity contribution in [2.45, 2.75) is 38.5 Å². The summed E-state index contributed by atoms with van der Waals surface area (Å²) < 4.78 is 2.48. The van der Waals surface area contributed by atoms with Crippen molar-refractivity contribution in [3.8, 4) is 51.0 Å². The fourth-order valence-corrected chi connectivity index (χ4v) is 9.36. The average Bonchev–Trinajstić information content (AvgIpc) is 3.58. The molecule has 0 atom stereocenters. The minimum absolute atomic E-state index is 0.111. The number of nitrogens with zero attached hydrogens (tertiary/aromatic N) is 4. The molecular formula is C53H40N4. The molecule has 0 saturated heterocycles. The van der Waals surface area contributed by atoms with E-state index in [2.05, 4.69) is 166 Å². The monoisotopic (exact) mass is 732 g/mol. The maximum Gasteiger partial charge on any atom is 0.164 e. The Morgan fingerprint density at radius 3 is 1.65 bits per heavy atom. The van der Waals surface area contributed by atoms with Gasteiger partial charge in [-0.15, -0.1) is 0 Å². The van der Waals surface area contributed by atoms with Gasteiger partial charge in [-0.3, -0.25) is 0 Å². The molecule has 11 rings (SSSR count). The second-order valence-electron chi connectivity index (χ2n) is 16.4. The smallest absolute Gasteiger partial charge is 0.164 e. The van der Waals surface area contributed by atoms with E-state index in [1.165, 1.54) is 54.8 Å². The highest BCUT2D eigenvalue weighted by molar-refractivity contribution is 6.14. The van der Waals surface area contributed by atoms with Crippen LogP contribution >= 0.6 is 0 Å². The van der Waals surface area contributed by atoms with Gasteiger partial charge in [-0.1, -0.05) is 167 Å². The highest BCUT2D eigenvalue weighted by atomic mass is 15.0. The number of hydrogen-bond donors (Lipinski definition) is 0. The normalized spacial score (nSPS) is 14.2. The summed E-state index contributed by atoms with van der Waals surface area (Å²) in [6.07, 6.45) is 0. The zero-order valence-corrected chi connectivity index (χ0v) is 32.5. The van der Waals surface area contributed by atoms with Crippen molar-refractivity contribution in [3.05, 3.63) is 181 Å². The van der Waals surface area contributed by atoms with Gasteiger partial charge in [-0.25, -0.2) is 15.0 Å². The lowest BCUT2D eigenvalue weighted by atomic mass is 9.55. The molecule has 2 heterocycles. The first-order chi connectivity index (χ1) is 27.8. The Kier molecular flexibility index (Phi) is 7.21. The number of rotatable bonds is 4. The molecule has 0 radical (unpaired) electrons. The van der Waals surface area contributed by atoms with Crippen molar-refractivity contribution >= 4 is 43.4 Å². The van der Waals surface area contributed by atoms with Crippen LogP contribution in [0.2, 0.25) is 0 Å². The maximum absolute atomic E-state index is 5.13.